The van der Waals surface area contributed by atoms with E-state index in [4.69, 9.17) is 9.97 Å². The van der Waals surface area contributed by atoms with Gasteiger partial charge in [-0.1, -0.05) is 133 Å². The zero-order valence-corrected chi connectivity index (χ0v) is 29.7. The molecule has 0 atom stereocenters. The number of hydrogen-bond acceptors (Lipinski definition) is 4. The summed E-state index contributed by atoms with van der Waals surface area (Å²) in [6, 6.07) is 54.1. The van der Waals surface area contributed by atoms with Gasteiger partial charge in [0.25, 0.3) is 0 Å². The summed E-state index contributed by atoms with van der Waals surface area (Å²) in [7, 11) is 0. The van der Waals surface area contributed by atoms with E-state index in [-0.39, 0.29) is 0 Å². The van der Waals surface area contributed by atoms with Crippen LogP contribution in [0.4, 0.5) is 0 Å². The number of aromatic nitrogens is 3. The van der Waals surface area contributed by atoms with Crippen molar-refractivity contribution in [1.29, 1.82) is 0 Å². The predicted octanol–water partition coefficient (Wildman–Crippen LogP) is 12.9. The van der Waals surface area contributed by atoms with E-state index in [1.807, 2.05) is 23.5 Å². The molecule has 0 spiro atoms. The molecule has 0 bridgehead atoms. The molecule has 12 rings (SSSR count). The molecule has 0 N–H and O–H groups in total. The number of fused-ring (bicyclic) bond motifs is 15. The van der Waals surface area contributed by atoms with Crippen molar-refractivity contribution in [1.82, 2.24) is 14.5 Å². The van der Waals surface area contributed by atoms with Gasteiger partial charge < -0.3 is 0 Å². The molecule has 53 heavy (non-hydrogen) atoms. The molecule has 4 heterocycles. The maximum Gasteiger partial charge on any atom is 0.165 e. The van der Waals surface area contributed by atoms with Crippen molar-refractivity contribution in [3.8, 4) is 28.9 Å². The highest BCUT2D eigenvalue weighted by molar-refractivity contribution is 7.99. The minimum absolute atomic E-state index is 0.813. The van der Waals surface area contributed by atoms with Gasteiger partial charge >= 0.3 is 0 Å². The van der Waals surface area contributed by atoms with Gasteiger partial charge in [0, 0.05) is 52.7 Å². The van der Waals surface area contributed by atoms with E-state index >= 15 is 0 Å². The Morgan fingerprint density at radius 1 is 0.509 bits per heavy atom. The standard InChI is InChI=1S/C48H25N3S2/c1-3-15-31-28(12-1)26-27-40-42(31)43-33-17-5-4-16-32(33)41-34-18-6-9-22-38(34)51(45(41)47(43)53-40)48-44(49-36-20-7-8-21-37(36)50-48)35-19-11-14-30-25-24-29-13-2-10-23-39(29)52-46(30)35/h1-23,26-27H. The van der Waals surface area contributed by atoms with Gasteiger partial charge in [-0.15, -0.1) is 11.3 Å². The van der Waals surface area contributed by atoms with Gasteiger partial charge in [-0.05, 0) is 64.0 Å². The second-order valence-electron chi connectivity index (χ2n) is 13.5. The molecule has 1 aliphatic heterocycles. The Morgan fingerprint density at radius 3 is 2.08 bits per heavy atom. The number of rotatable bonds is 2. The largest absolute Gasteiger partial charge is 0.290 e. The van der Waals surface area contributed by atoms with Gasteiger partial charge in [0.1, 0.15) is 5.69 Å². The molecule has 3 nitrogen and oxygen atoms in total. The van der Waals surface area contributed by atoms with E-state index in [9.17, 15) is 0 Å². The molecule has 0 fully saturated rings. The lowest BCUT2D eigenvalue weighted by Crippen LogP contribution is -2.04. The van der Waals surface area contributed by atoms with E-state index in [0.29, 0.717) is 0 Å². The molecule has 0 amide bonds. The third-order valence-electron chi connectivity index (χ3n) is 10.6. The smallest absolute Gasteiger partial charge is 0.165 e. The van der Waals surface area contributed by atoms with Crippen LogP contribution in [0.5, 0.6) is 0 Å². The second kappa shape index (κ2) is 11.0. The maximum absolute atomic E-state index is 5.56. The summed E-state index contributed by atoms with van der Waals surface area (Å²) < 4.78 is 4.94. The molecule has 3 aromatic heterocycles. The highest BCUT2D eigenvalue weighted by Gasteiger charge is 2.27. The molecular formula is C48H25N3S2. The van der Waals surface area contributed by atoms with Crippen LogP contribution in [0, 0.1) is 11.8 Å². The second-order valence-corrected chi connectivity index (χ2v) is 15.6. The summed E-state index contributed by atoms with van der Waals surface area (Å²) in [4.78, 5) is 13.3. The van der Waals surface area contributed by atoms with Gasteiger partial charge in [-0.25, -0.2) is 9.97 Å². The molecule has 8 aromatic carbocycles. The van der Waals surface area contributed by atoms with Crippen molar-refractivity contribution in [2.24, 2.45) is 0 Å². The first-order chi connectivity index (χ1) is 26.3. The van der Waals surface area contributed by atoms with Gasteiger partial charge in [-0.3, -0.25) is 4.57 Å². The molecule has 11 aromatic rings. The fraction of sp³-hybridized carbons (Fsp3) is 0. The van der Waals surface area contributed by atoms with Crippen LogP contribution < -0.4 is 0 Å². The van der Waals surface area contributed by atoms with E-state index in [0.717, 1.165) is 60.1 Å². The zero-order chi connectivity index (χ0) is 34.6. The lowest BCUT2D eigenvalue weighted by Gasteiger charge is -2.17. The molecule has 244 valence electrons. The summed E-state index contributed by atoms with van der Waals surface area (Å²) >= 11 is 3.63. The van der Waals surface area contributed by atoms with Crippen molar-refractivity contribution in [2.75, 3.05) is 0 Å². The van der Waals surface area contributed by atoms with Crippen molar-refractivity contribution in [2.45, 2.75) is 9.79 Å². The summed E-state index contributed by atoms with van der Waals surface area (Å²) in [5, 5.41) is 10.1. The Morgan fingerprint density at radius 2 is 1.19 bits per heavy atom. The van der Waals surface area contributed by atoms with Crippen LogP contribution in [-0.2, 0) is 0 Å². The van der Waals surface area contributed by atoms with Gasteiger partial charge in [-0.2, -0.15) is 0 Å². The van der Waals surface area contributed by atoms with Gasteiger partial charge in [0.15, 0.2) is 5.82 Å². The number of nitrogens with zero attached hydrogens (tertiary/aromatic N) is 3. The Bertz CT molecular complexity index is 3450. The van der Waals surface area contributed by atoms with Crippen molar-refractivity contribution < 1.29 is 0 Å². The SMILES string of the molecule is C1#Cc2cccc(-c3nc4ccccc4nc3-n3c4ccccc4c4c5ccccc5c5c(sc6ccc7ccccc7c65)c43)c2Sc2ccccc21. The lowest BCUT2D eigenvalue weighted by molar-refractivity contribution is 1.08. The van der Waals surface area contributed by atoms with E-state index < -0.39 is 0 Å². The van der Waals surface area contributed by atoms with Crippen LogP contribution in [0.15, 0.2) is 161 Å². The zero-order valence-electron chi connectivity index (χ0n) is 28.1. The first kappa shape index (κ1) is 29.2. The summed E-state index contributed by atoms with van der Waals surface area (Å²) in [5.41, 5.74) is 7.88. The third kappa shape index (κ3) is 4.13. The number of para-hydroxylation sites is 3. The van der Waals surface area contributed by atoms with Crippen LogP contribution in [0.1, 0.15) is 11.1 Å². The van der Waals surface area contributed by atoms with E-state index in [1.165, 1.54) is 52.5 Å². The Kier molecular flexibility index (Phi) is 6.07. The monoisotopic (exact) mass is 707 g/mol. The highest BCUT2D eigenvalue weighted by Crippen LogP contribution is 2.50. The predicted molar refractivity (Wildman–Crippen MR) is 224 cm³/mol. The van der Waals surface area contributed by atoms with Gasteiger partial charge in [0.2, 0.25) is 0 Å². The Balaban J connectivity index is 1.29. The maximum atomic E-state index is 5.56. The first-order valence-corrected chi connectivity index (χ1v) is 19.3. The first-order valence-electron chi connectivity index (χ1n) is 17.7. The summed E-state index contributed by atoms with van der Waals surface area (Å²) in [5.74, 6) is 7.74. The lowest BCUT2D eigenvalue weighted by atomic mass is 9.96. The van der Waals surface area contributed by atoms with Crippen molar-refractivity contribution in [3.63, 3.8) is 0 Å². The minimum Gasteiger partial charge on any atom is -0.290 e. The molecular weight excluding hydrogens is 683 g/mol. The van der Waals surface area contributed by atoms with Crippen molar-refractivity contribution in [3.05, 3.63) is 163 Å². The number of hydrogen-bond donors (Lipinski definition) is 0. The van der Waals surface area contributed by atoms with Gasteiger partial charge in [0.05, 0.1) is 26.8 Å². The molecule has 0 aliphatic carbocycles. The van der Waals surface area contributed by atoms with Crippen LogP contribution >= 0.6 is 23.1 Å². The summed E-state index contributed by atoms with van der Waals surface area (Å²) in [6.45, 7) is 0. The molecule has 0 saturated carbocycles. The number of benzene rings is 8. The van der Waals surface area contributed by atoms with Crippen LogP contribution in [0.3, 0.4) is 0 Å². The average molecular weight is 708 g/mol. The molecule has 1 aliphatic rings. The Hall–Kier alpha value is -6.45. The fourth-order valence-corrected chi connectivity index (χ4v) is 10.7. The van der Waals surface area contributed by atoms with E-state index in [2.05, 4.69) is 156 Å². The molecule has 0 saturated heterocycles. The van der Waals surface area contributed by atoms with Crippen LogP contribution in [0.2, 0.25) is 0 Å². The highest BCUT2D eigenvalue weighted by atomic mass is 32.2. The fourth-order valence-electron chi connectivity index (χ4n) is 8.32. The summed E-state index contributed by atoms with van der Waals surface area (Å²) in [6.07, 6.45) is 0. The topological polar surface area (TPSA) is 30.7 Å². The third-order valence-corrected chi connectivity index (χ3v) is 13.0. The average Bonchev–Trinajstić information content (AvgIpc) is 3.71. The van der Waals surface area contributed by atoms with Crippen LogP contribution in [-0.4, -0.2) is 14.5 Å². The normalized spacial score (nSPS) is 12.5. The van der Waals surface area contributed by atoms with Crippen molar-refractivity contribution >= 4 is 97.7 Å². The quantitative estimate of drug-likeness (QED) is 0.168. The molecule has 0 radical (unpaired) electrons. The molecule has 0 unspecified atom stereocenters. The number of thiophene rings is 1. The minimum atomic E-state index is 0.813. The van der Waals surface area contributed by atoms with E-state index in [1.54, 1.807) is 11.8 Å². The Labute approximate surface area is 312 Å². The van der Waals surface area contributed by atoms with Crippen LogP contribution in [0.25, 0.3) is 91.6 Å². The molecule has 5 heteroatoms.